The zero-order valence-electron chi connectivity index (χ0n) is 17.5. The number of nitrogens with zero attached hydrogens (tertiary/aromatic N) is 3. The summed E-state index contributed by atoms with van der Waals surface area (Å²) < 4.78 is 16.1. The van der Waals surface area contributed by atoms with Gasteiger partial charge in [-0.15, -0.1) is 11.8 Å². The molecule has 5 nitrogen and oxygen atoms in total. The van der Waals surface area contributed by atoms with Crippen LogP contribution in [0.4, 0.5) is 4.39 Å². The zero-order valence-corrected chi connectivity index (χ0v) is 19.9. The highest BCUT2D eigenvalue weighted by Crippen LogP contribution is 2.41. The van der Waals surface area contributed by atoms with Crippen molar-refractivity contribution in [2.75, 3.05) is 0 Å². The topological polar surface area (TPSA) is 68.0 Å². The number of thioether (sulfide) groups is 1. The van der Waals surface area contributed by atoms with Gasteiger partial charge >= 0.3 is 5.97 Å². The van der Waals surface area contributed by atoms with Crippen molar-refractivity contribution >= 4 is 40.7 Å². The molecule has 2 heterocycles. The summed E-state index contributed by atoms with van der Waals surface area (Å²) in [5.74, 6) is -1.61. The summed E-state index contributed by atoms with van der Waals surface area (Å²) in [7, 11) is 0. The van der Waals surface area contributed by atoms with Gasteiger partial charge in [-0.2, -0.15) is 9.78 Å². The fourth-order valence-corrected chi connectivity index (χ4v) is 6.02. The van der Waals surface area contributed by atoms with E-state index in [9.17, 15) is 14.3 Å². The second kappa shape index (κ2) is 9.05. The first-order chi connectivity index (χ1) is 15.2. The van der Waals surface area contributed by atoms with E-state index in [1.807, 2.05) is 18.2 Å². The lowest BCUT2D eigenvalue weighted by Gasteiger charge is -2.04. The second-order valence-electron chi connectivity index (χ2n) is 7.35. The zero-order chi connectivity index (χ0) is 23.0. The van der Waals surface area contributed by atoms with Crippen molar-refractivity contribution in [1.82, 2.24) is 14.8 Å². The number of rotatable bonds is 6. The number of aryl methyl sites for hydroxylation is 1. The number of aromatic nitrogens is 3. The van der Waals surface area contributed by atoms with E-state index in [2.05, 4.69) is 18.9 Å². The van der Waals surface area contributed by atoms with Crippen LogP contribution in [0, 0.1) is 12.7 Å². The Kier molecular flexibility index (Phi) is 6.37. The van der Waals surface area contributed by atoms with Gasteiger partial charge in [-0.05, 0) is 36.8 Å². The molecule has 0 aliphatic carbocycles. The van der Waals surface area contributed by atoms with Crippen molar-refractivity contribution in [1.29, 1.82) is 0 Å². The SMILES string of the molecule is Cc1nn(-c2nc(-c3cccc(Cl)c3)c(SC(C)C)s2)c(C(=O)O)c1-c1cccc(F)c1. The van der Waals surface area contributed by atoms with Crippen molar-refractivity contribution in [3.8, 4) is 27.5 Å². The van der Waals surface area contributed by atoms with E-state index in [-0.39, 0.29) is 5.69 Å². The smallest absolute Gasteiger partial charge is 0.355 e. The van der Waals surface area contributed by atoms with Crippen LogP contribution in [0.25, 0.3) is 27.5 Å². The minimum Gasteiger partial charge on any atom is -0.476 e. The van der Waals surface area contributed by atoms with Crippen molar-refractivity contribution < 1.29 is 14.3 Å². The minimum atomic E-state index is -1.16. The number of carbonyl (C=O) groups is 1. The summed E-state index contributed by atoms with van der Waals surface area (Å²) >= 11 is 9.20. The van der Waals surface area contributed by atoms with Crippen molar-refractivity contribution in [3.63, 3.8) is 0 Å². The molecular formula is C23H19ClFN3O2S2. The van der Waals surface area contributed by atoms with Gasteiger partial charge in [0.1, 0.15) is 5.82 Å². The van der Waals surface area contributed by atoms with E-state index < -0.39 is 11.8 Å². The normalized spacial score (nSPS) is 11.3. The summed E-state index contributed by atoms with van der Waals surface area (Å²) in [6.07, 6.45) is 0. The maximum Gasteiger partial charge on any atom is 0.355 e. The highest BCUT2D eigenvalue weighted by molar-refractivity contribution is 8.01. The van der Waals surface area contributed by atoms with Gasteiger partial charge in [0.25, 0.3) is 0 Å². The van der Waals surface area contributed by atoms with E-state index in [0.29, 0.717) is 32.2 Å². The molecule has 0 radical (unpaired) electrons. The Morgan fingerprint density at radius 3 is 2.56 bits per heavy atom. The Morgan fingerprint density at radius 2 is 1.91 bits per heavy atom. The lowest BCUT2D eigenvalue weighted by Crippen LogP contribution is -2.09. The van der Waals surface area contributed by atoms with E-state index in [0.717, 1.165) is 15.5 Å². The molecule has 164 valence electrons. The minimum absolute atomic E-state index is 0.0550. The Morgan fingerprint density at radius 1 is 1.19 bits per heavy atom. The van der Waals surface area contributed by atoms with Crippen LogP contribution in [0.5, 0.6) is 0 Å². The molecular weight excluding hydrogens is 469 g/mol. The Hall–Kier alpha value is -2.68. The van der Waals surface area contributed by atoms with E-state index in [1.165, 1.54) is 28.2 Å². The van der Waals surface area contributed by atoms with Crippen LogP contribution in [0.2, 0.25) is 5.02 Å². The van der Waals surface area contributed by atoms with Crippen LogP contribution in [-0.2, 0) is 0 Å². The summed E-state index contributed by atoms with van der Waals surface area (Å²) in [6.45, 7) is 5.86. The molecule has 4 aromatic rings. The molecule has 0 fully saturated rings. The molecule has 0 spiro atoms. The molecule has 0 saturated heterocycles. The van der Waals surface area contributed by atoms with Crippen molar-refractivity contribution in [3.05, 3.63) is 70.8 Å². The van der Waals surface area contributed by atoms with Crippen LogP contribution < -0.4 is 0 Å². The number of hydrogen-bond acceptors (Lipinski definition) is 5. The maximum atomic E-state index is 13.8. The predicted octanol–water partition coefficient (Wildman–Crippen LogP) is 6.96. The molecule has 0 atom stereocenters. The summed E-state index contributed by atoms with van der Waals surface area (Å²) in [4.78, 5) is 17.0. The molecule has 0 amide bonds. The Bertz CT molecular complexity index is 1320. The standard InChI is InChI=1S/C23H19ClFN3O2S2/c1-12(2)31-22-19(15-7-4-8-16(24)10-15)26-23(32-22)28-20(21(29)30)18(13(3)27-28)14-6-5-9-17(25)11-14/h4-12H,1-3H3,(H,29,30). The average Bonchev–Trinajstić information content (AvgIpc) is 3.28. The number of benzene rings is 2. The van der Waals surface area contributed by atoms with Crippen LogP contribution in [-0.4, -0.2) is 31.1 Å². The first kappa shape index (κ1) is 22.5. The van der Waals surface area contributed by atoms with Crippen LogP contribution in [0.1, 0.15) is 30.0 Å². The Labute approximate surface area is 197 Å². The van der Waals surface area contributed by atoms with Gasteiger partial charge in [-0.25, -0.2) is 14.2 Å². The number of aromatic carboxylic acids is 1. The quantitative estimate of drug-likeness (QED) is 0.298. The van der Waals surface area contributed by atoms with Gasteiger partial charge < -0.3 is 5.11 Å². The number of carboxylic acids is 1. The first-order valence-electron chi connectivity index (χ1n) is 9.77. The number of hydrogen-bond donors (Lipinski definition) is 1. The lowest BCUT2D eigenvalue weighted by atomic mass is 10.0. The molecule has 2 aromatic heterocycles. The lowest BCUT2D eigenvalue weighted by molar-refractivity contribution is 0.0688. The highest BCUT2D eigenvalue weighted by Gasteiger charge is 2.27. The summed E-state index contributed by atoms with van der Waals surface area (Å²) in [6, 6.07) is 13.2. The summed E-state index contributed by atoms with van der Waals surface area (Å²) in [5.41, 5.74) is 2.81. The monoisotopic (exact) mass is 487 g/mol. The van der Waals surface area contributed by atoms with Gasteiger partial charge in [0.15, 0.2) is 5.69 Å². The van der Waals surface area contributed by atoms with E-state index >= 15 is 0 Å². The van der Waals surface area contributed by atoms with E-state index in [1.54, 1.807) is 36.9 Å². The highest BCUT2D eigenvalue weighted by atomic mass is 35.5. The average molecular weight is 488 g/mol. The molecule has 2 aromatic carbocycles. The van der Waals surface area contributed by atoms with Crippen LogP contribution in [0.3, 0.4) is 0 Å². The molecule has 0 aliphatic rings. The van der Waals surface area contributed by atoms with Gasteiger partial charge in [-0.1, -0.05) is 61.1 Å². The van der Waals surface area contributed by atoms with Crippen LogP contribution >= 0.6 is 34.7 Å². The molecule has 0 saturated carbocycles. The van der Waals surface area contributed by atoms with E-state index in [4.69, 9.17) is 16.6 Å². The second-order valence-corrected chi connectivity index (χ2v) is 10.6. The molecule has 9 heteroatoms. The Balaban J connectivity index is 1.92. The fraction of sp³-hybridized carbons (Fsp3) is 0.174. The summed E-state index contributed by atoms with van der Waals surface area (Å²) in [5, 5.41) is 15.8. The molecule has 32 heavy (non-hydrogen) atoms. The third-order valence-corrected chi connectivity index (χ3v) is 7.06. The molecule has 0 bridgehead atoms. The van der Waals surface area contributed by atoms with Crippen LogP contribution in [0.15, 0.2) is 52.7 Å². The van der Waals surface area contributed by atoms with Gasteiger partial charge in [-0.3, -0.25) is 0 Å². The number of carboxylic acid groups (broad SMARTS) is 1. The van der Waals surface area contributed by atoms with Gasteiger partial charge in [0.2, 0.25) is 5.13 Å². The molecule has 4 rings (SSSR count). The number of halogens is 2. The molecule has 1 N–H and O–H groups in total. The fourth-order valence-electron chi connectivity index (χ4n) is 3.35. The largest absolute Gasteiger partial charge is 0.476 e. The third kappa shape index (κ3) is 4.44. The van der Waals surface area contributed by atoms with Crippen molar-refractivity contribution in [2.24, 2.45) is 0 Å². The number of thiazole rings is 1. The predicted molar refractivity (Wildman–Crippen MR) is 128 cm³/mol. The molecule has 0 aliphatic heterocycles. The van der Waals surface area contributed by atoms with Crippen molar-refractivity contribution in [2.45, 2.75) is 30.2 Å². The van der Waals surface area contributed by atoms with Gasteiger partial charge in [0, 0.05) is 21.4 Å². The third-order valence-electron chi connectivity index (χ3n) is 4.58. The molecule has 0 unspecified atom stereocenters. The van der Waals surface area contributed by atoms with Gasteiger partial charge in [0.05, 0.1) is 15.6 Å². The first-order valence-corrected chi connectivity index (χ1v) is 11.8. The maximum absolute atomic E-state index is 13.8.